The normalized spacial score (nSPS) is 18.4. The molecule has 0 amide bonds. The van der Waals surface area contributed by atoms with E-state index >= 15 is 0 Å². The second-order valence-corrected chi connectivity index (χ2v) is 4.25. The summed E-state index contributed by atoms with van der Waals surface area (Å²) in [5.74, 6) is 0. The van der Waals surface area contributed by atoms with Gasteiger partial charge in [-0.15, -0.1) is 24.8 Å². The minimum absolute atomic E-state index is 0. The van der Waals surface area contributed by atoms with E-state index in [0.29, 0.717) is 12.6 Å². The average Bonchev–Trinajstić information content (AvgIpc) is 2.16. The van der Waals surface area contributed by atoms with Crippen molar-refractivity contribution in [2.75, 3.05) is 13.1 Å². The summed E-state index contributed by atoms with van der Waals surface area (Å²) in [6.45, 7) is 1.71. The van der Waals surface area contributed by atoms with E-state index in [9.17, 15) is 0 Å². The van der Waals surface area contributed by atoms with Crippen LogP contribution in [0.15, 0.2) is 22.7 Å². The van der Waals surface area contributed by atoms with Crippen LogP contribution in [-0.4, -0.2) is 13.1 Å². The molecule has 86 valence electrons. The van der Waals surface area contributed by atoms with Crippen molar-refractivity contribution in [3.63, 3.8) is 0 Å². The molecule has 1 aliphatic heterocycles. The number of hydrogen-bond acceptors (Lipinski definition) is 2. The molecule has 0 radical (unpaired) electrons. The van der Waals surface area contributed by atoms with Crippen LogP contribution in [0.4, 0.5) is 0 Å². The summed E-state index contributed by atoms with van der Waals surface area (Å²) in [4.78, 5) is 0. The zero-order chi connectivity index (χ0) is 9.26. The molecule has 0 bridgehead atoms. The SMILES string of the molecule is Cl.Cl.NCC1NCCc2cc(Br)ccc21. The number of fused-ring (bicyclic) bond motifs is 1. The molecular weight excluding hydrogens is 299 g/mol. The van der Waals surface area contributed by atoms with Crippen molar-refractivity contribution >= 4 is 40.7 Å². The number of hydrogen-bond donors (Lipinski definition) is 2. The van der Waals surface area contributed by atoms with Crippen LogP contribution in [-0.2, 0) is 6.42 Å². The Bertz CT molecular complexity index is 320. The van der Waals surface area contributed by atoms with Gasteiger partial charge in [-0.2, -0.15) is 0 Å². The van der Waals surface area contributed by atoms with E-state index in [2.05, 4.69) is 39.4 Å². The van der Waals surface area contributed by atoms with E-state index in [1.807, 2.05) is 0 Å². The van der Waals surface area contributed by atoms with E-state index in [-0.39, 0.29) is 24.8 Å². The third kappa shape index (κ3) is 3.33. The molecule has 0 aromatic heterocycles. The molecule has 1 heterocycles. The lowest BCUT2D eigenvalue weighted by molar-refractivity contribution is 0.513. The van der Waals surface area contributed by atoms with E-state index in [4.69, 9.17) is 5.73 Å². The van der Waals surface area contributed by atoms with Gasteiger partial charge < -0.3 is 11.1 Å². The molecule has 2 nitrogen and oxygen atoms in total. The van der Waals surface area contributed by atoms with Crippen LogP contribution in [0.3, 0.4) is 0 Å². The molecule has 15 heavy (non-hydrogen) atoms. The van der Waals surface area contributed by atoms with Crippen molar-refractivity contribution in [2.45, 2.75) is 12.5 Å². The topological polar surface area (TPSA) is 38.0 Å². The van der Waals surface area contributed by atoms with Gasteiger partial charge in [0, 0.05) is 17.1 Å². The molecule has 5 heteroatoms. The third-order valence-electron chi connectivity index (χ3n) is 2.50. The minimum atomic E-state index is 0. The molecule has 3 N–H and O–H groups in total. The fourth-order valence-electron chi connectivity index (χ4n) is 1.83. The van der Waals surface area contributed by atoms with Crippen molar-refractivity contribution in [3.8, 4) is 0 Å². The van der Waals surface area contributed by atoms with Gasteiger partial charge in [-0.05, 0) is 36.2 Å². The zero-order valence-electron chi connectivity index (χ0n) is 8.20. The Labute approximate surface area is 111 Å². The van der Waals surface area contributed by atoms with E-state index in [1.165, 1.54) is 11.1 Å². The Kier molecular flexibility index (Phi) is 6.80. The molecule has 1 aliphatic rings. The largest absolute Gasteiger partial charge is 0.329 e. The number of rotatable bonds is 1. The van der Waals surface area contributed by atoms with Gasteiger partial charge in [0.1, 0.15) is 0 Å². The Hall–Kier alpha value is 0.200. The van der Waals surface area contributed by atoms with Gasteiger partial charge in [0.15, 0.2) is 0 Å². The van der Waals surface area contributed by atoms with E-state index in [1.54, 1.807) is 0 Å². The van der Waals surface area contributed by atoms with E-state index < -0.39 is 0 Å². The predicted octanol–water partition coefficient (Wildman–Crippen LogP) is 2.44. The zero-order valence-corrected chi connectivity index (χ0v) is 11.4. The van der Waals surface area contributed by atoms with Gasteiger partial charge >= 0.3 is 0 Å². The van der Waals surface area contributed by atoms with Gasteiger partial charge in [0.25, 0.3) is 0 Å². The van der Waals surface area contributed by atoms with Gasteiger partial charge in [-0.1, -0.05) is 22.0 Å². The lowest BCUT2D eigenvalue weighted by Crippen LogP contribution is -2.34. The maximum Gasteiger partial charge on any atom is 0.0447 e. The van der Waals surface area contributed by atoms with E-state index in [0.717, 1.165) is 17.4 Å². The monoisotopic (exact) mass is 312 g/mol. The smallest absolute Gasteiger partial charge is 0.0447 e. The number of halogens is 3. The molecule has 0 saturated heterocycles. The predicted molar refractivity (Wildman–Crippen MR) is 72.1 cm³/mol. The number of nitrogens with two attached hydrogens (primary N) is 1. The first-order chi connectivity index (χ1) is 6.31. The van der Waals surface area contributed by atoms with Crippen LogP contribution < -0.4 is 11.1 Å². The van der Waals surface area contributed by atoms with Crippen LogP contribution in [0.1, 0.15) is 17.2 Å². The molecule has 1 atom stereocenters. The Balaban J connectivity index is 0.000000980. The highest BCUT2D eigenvalue weighted by atomic mass is 79.9. The second-order valence-electron chi connectivity index (χ2n) is 3.34. The van der Waals surface area contributed by atoms with Crippen LogP contribution in [0.2, 0.25) is 0 Å². The third-order valence-corrected chi connectivity index (χ3v) is 2.99. The first kappa shape index (κ1) is 15.2. The molecule has 0 saturated carbocycles. The average molecular weight is 314 g/mol. The van der Waals surface area contributed by atoms with Crippen LogP contribution in [0.25, 0.3) is 0 Å². The van der Waals surface area contributed by atoms with Gasteiger partial charge in [0.2, 0.25) is 0 Å². The molecule has 2 rings (SSSR count). The second kappa shape index (κ2) is 6.71. The van der Waals surface area contributed by atoms with Crippen molar-refractivity contribution in [1.29, 1.82) is 0 Å². The number of nitrogens with one attached hydrogen (secondary N) is 1. The minimum Gasteiger partial charge on any atom is -0.329 e. The highest BCUT2D eigenvalue weighted by Crippen LogP contribution is 2.25. The maximum absolute atomic E-state index is 5.68. The summed E-state index contributed by atoms with van der Waals surface area (Å²) < 4.78 is 1.16. The fraction of sp³-hybridized carbons (Fsp3) is 0.400. The number of benzene rings is 1. The quantitative estimate of drug-likeness (QED) is 0.835. The lowest BCUT2D eigenvalue weighted by atomic mass is 9.94. The highest BCUT2D eigenvalue weighted by Gasteiger charge is 2.17. The highest BCUT2D eigenvalue weighted by molar-refractivity contribution is 9.10. The van der Waals surface area contributed by atoms with Crippen LogP contribution in [0.5, 0.6) is 0 Å². The summed E-state index contributed by atoms with van der Waals surface area (Å²) in [5.41, 5.74) is 8.46. The van der Waals surface area contributed by atoms with Crippen molar-refractivity contribution in [3.05, 3.63) is 33.8 Å². The van der Waals surface area contributed by atoms with Gasteiger partial charge in [0.05, 0.1) is 0 Å². The lowest BCUT2D eigenvalue weighted by Gasteiger charge is -2.25. The Morgan fingerprint density at radius 1 is 1.40 bits per heavy atom. The summed E-state index contributed by atoms with van der Waals surface area (Å²) in [6.07, 6.45) is 1.10. The molecule has 0 aliphatic carbocycles. The summed E-state index contributed by atoms with van der Waals surface area (Å²) in [5, 5.41) is 3.40. The van der Waals surface area contributed by atoms with Crippen molar-refractivity contribution in [1.82, 2.24) is 5.32 Å². The Morgan fingerprint density at radius 2 is 2.13 bits per heavy atom. The molecule has 0 fully saturated rings. The Morgan fingerprint density at radius 3 is 2.80 bits per heavy atom. The summed E-state index contributed by atoms with van der Waals surface area (Å²) in [6, 6.07) is 6.77. The molecule has 1 aromatic rings. The van der Waals surface area contributed by atoms with Crippen molar-refractivity contribution < 1.29 is 0 Å². The molecule has 1 aromatic carbocycles. The van der Waals surface area contributed by atoms with Gasteiger partial charge in [-0.3, -0.25) is 0 Å². The molecule has 0 spiro atoms. The maximum atomic E-state index is 5.68. The standard InChI is InChI=1S/C10H13BrN2.2ClH/c11-8-1-2-9-7(5-8)3-4-13-10(9)6-12;;/h1-2,5,10,13H,3-4,6,12H2;2*1H. The fourth-order valence-corrected chi connectivity index (χ4v) is 2.24. The van der Waals surface area contributed by atoms with Crippen molar-refractivity contribution in [2.24, 2.45) is 5.73 Å². The first-order valence-corrected chi connectivity index (χ1v) is 5.32. The summed E-state index contributed by atoms with van der Waals surface area (Å²) >= 11 is 3.48. The van der Waals surface area contributed by atoms with Crippen LogP contribution in [0, 0.1) is 0 Å². The molecular formula is C10H15BrCl2N2. The summed E-state index contributed by atoms with van der Waals surface area (Å²) in [7, 11) is 0. The van der Waals surface area contributed by atoms with Crippen LogP contribution >= 0.6 is 40.7 Å². The van der Waals surface area contributed by atoms with Gasteiger partial charge in [-0.25, -0.2) is 0 Å². The first-order valence-electron chi connectivity index (χ1n) is 4.53. The molecule has 1 unspecified atom stereocenters.